The van der Waals surface area contributed by atoms with E-state index in [1.807, 2.05) is 7.05 Å². The third-order valence-corrected chi connectivity index (χ3v) is 4.09. The molecule has 0 aliphatic carbocycles. The van der Waals surface area contributed by atoms with Gasteiger partial charge in [-0.25, -0.2) is 14.2 Å². The van der Waals surface area contributed by atoms with Crippen LogP contribution in [-0.2, 0) is 11.8 Å². The number of aromatic nitrogens is 2. The van der Waals surface area contributed by atoms with Crippen molar-refractivity contribution in [3.63, 3.8) is 0 Å². The highest BCUT2D eigenvalue weighted by Crippen LogP contribution is 2.21. The summed E-state index contributed by atoms with van der Waals surface area (Å²) in [5, 5.41) is 5.69. The highest BCUT2D eigenvalue weighted by molar-refractivity contribution is 5.74. The van der Waals surface area contributed by atoms with E-state index in [0.29, 0.717) is 17.9 Å². The fraction of sp³-hybridized carbons (Fsp3) is 0.412. The van der Waals surface area contributed by atoms with Crippen molar-refractivity contribution >= 4 is 6.03 Å². The van der Waals surface area contributed by atoms with Crippen LogP contribution in [0.2, 0.25) is 0 Å². The molecule has 2 aromatic rings. The van der Waals surface area contributed by atoms with Gasteiger partial charge >= 0.3 is 6.03 Å². The summed E-state index contributed by atoms with van der Waals surface area (Å²) in [5.74, 6) is 0.279. The molecule has 7 heteroatoms. The molecule has 0 saturated carbocycles. The van der Waals surface area contributed by atoms with Gasteiger partial charge in [-0.3, -0.25) is 0 Å². The number of amides is 2. The van der Waals surface area contributed by atoms with Gasteiger partial charge in [0.25, 0.3) is 0 Å². The second-order valence-electron chi connectivity index (χ2n) is 5.87. The van der Waals surface area contributed by atoms with Crippen molar-refractivity contribution in [1.82, 2.24) is 20.2 Å². The van der Waals surface area contributed by atoms with E-state index in [1.54, 1.807) is 29.1 Å². The summed E-state index contributed by atoms with van der Waals surface area (Å²) >= 11 is 0. The van der Waals surface area contributed by atoms with Gasteiger partial charge in [0.1, 0.15) is 17.7 Å². The molecule has 0 spiro atoms. The van der Waals surface area contributed by atoms with E-state index in [1.165, 1.54) is 12.1 Å². The van der Waals surface area contributed by atoms with Crippen LogP contribution in [-0.4, -0.2) is 34.8 Å². The van der Waals surface area contributed by atoms with Crippen LogP contribution in [0.1, 0.15) is 30.3 Å². The Morgan fingerprint density at radius 2 is 2.42 bits per heavy atom. The van der Waals surface area contributed by atoms with Crippen LogP contribution in [0.25, 0.3) is 0 Å². The van der Waals surface area contributed by atoms with E-state index in [0.717, 1.165) is 19.4 Å². The van der Waals surface area contributed by atoms with Crippen LogP contribution in [0.3, 0.4) is 0 Å². The molecule has 2 N–H and O–H groups in total. The Morgan fingerprint density at radius 3 is 3.08 bits per heavy atom. The summed E-state index contributed by atoms with van der Waals surface area (Å²) in [5.41, 5.74) is 0.636. The van der Waals surface area contributed by atoms with E-state index in [-0.39, 0.29) is 18.0 Å². The first kappa shape index (κ1) is 16.4. The summed E-state index contributed by atoms with van der Waals surface area (Å²) in [6, 6.07) is 5.29. The number of nitrogens with one attached hydrogen (secondary N) is 2. The van der Waals surface area contributed by atoms with Crippen molar-refractivity contribution < 1.29 is 13.9 Å². The summed E-state index contributed by atoms with van der Waals surface area (Å²) < 4.78 is 20.9. The number of hydrogen-bond acceptors (Lipinski definition) is 3. The first-order valence-corrected chi connectivity index (χ1v) is 8.02. The molecular formula is C17H21FN4O2. The topological polar surface area (TPSA) is 68.2 Å². The average Bonchev–Trinajstić information content (AvgIpc) is 3.22. The molecule has 2 unspecified atom stereocenters. The molecule has 6 nitrogen and oxygen atoms in total. The number of imidazole rings is 1. The Kier molecular flexibility index (Phi) is 5.10. The van der Waals surface area contributed by atoms with E-state index < -0.39 is 6.04 Å². The molecule has 2 amide bonds. The molecule has 0 bridgehead atoms. The van der Waals surface area contributed by atoms with Gasteiger partial charge in [-0.1, -0.05) is 12.1 Å². The number of benzene rings is 1. The lowest BCUT2D eigenvalue weighted by molar-refractivity contribution is 0.111. The summed E-state index contributed by atoms with van der Waals surface area (Å²) in [4.78, 5) is 16.6. The number of nitrogens with zero attached hydrogens (tertiary/aromatic N) is 2. The quantitative estimate of drug-likeness (QED) is 0.881. The van der Waals surface area contributed by atoms with Crippen LogP contribution in [0.5, 0.6) is 0 Å². The summed E-state index contributed by atoms with van der Waals surface area (Å²) in [6.07, 6.45) is 5.47. The molecule has 1 fully saturated rings. The lowest BCUT2D eigenvalue weighted by Crippen LogP contribution is -2.42. The van der Waals surface area contributed by atoms with Crippen molar-refractivity contribution in [2.75, 3.05) is 13.2 Å². The maximum Gasteiger partial charge on any atom is 0.315 e. The minimum atomic E-state index is -0.537. The largest absolute Gasteiger partial charge is 0.376 e. The predicted octanol–water partition coefficient (Wildman–Crippen LogP) is 2.13. The van der Waals surface area contributed by atoms with Gasteiger partial charge in [0.2, 0.25) is 0 Å². The number of hydrogen-bond donors (Lipinski definition) is 2. The summed E-state index contributed by atoms with van der Waals surface area (Å²) in [7, 11) is 1.83. The first-order chi connectivity index (χ1) is 11.6. The molecule has 1 aliphatic rings. The number of halogens is 1. The van der Waals surface area contributed by atoms with Gasteiger partial charge in [0.15, 0.2) is 0 Å². The molecule has 2 heterocycles. The normalized spacial score (nSPS) is 18.3. The van der Waals surface area contributed by atoms with Crippen molar-refractivity contribution in [1.29, 1.82) is 0 Å². The molecule has 1 saturated heterocycles. The van der Waals surface area contributed by atoms with Crippen LogP contribution in [0.4, 0.5) is 9.18 Å². The van der Waals surface area contributed by atoms with Gasteiger partial charge in [0.05, 0.1) is 6.10 Å². The van der Waals surface area contributed by atoms with Crippen LogP contribution in [0, 0.1) is 5.82 Å². The van der Waals surface area contributed by atoms with Crippen LogP contribution >= 0.6 is 0 Å². The van der Waals surface area contributed by atoms with E-state index in [2.05, 4.69) is 15.6 Å². The second kappa shape index (κ2) is 7.44. The minimum absolute atomic E-state index is 0.0662. The predicted molar refractivity (Wildman–Crippen MR) is 87.0 cm³/mol. The fourth-order valence-electron chi connectivity index (χ4n) is 2.83. The molecule has 1 aromatic carbocycles. The van der Waals surface area contributed by atoms with Crippen LogP contribution in [0.15, 0.2) is 36.7 Å². The summed E-state index contributed by atoms with van der Waals surface area (Å²) in [6.45, 7) is 1.20. The lowest BCUT2D eigenvalue weighted by Gasteiger charge is -2.20. The average molecular weight is 332 g/mol. The first-order valence-electron chi connectivity index (χ1n) is 8.02. The fourth-order valence-corrected chi connectivity index (χ4v) is 2.83. The molecule has 1 aromatic heterocycles. The SMILES string of the molecule is Cn1ccnc1C(NC(=O)NCC1CCCO1)c1cccc(F)c1. The number of carbonyl (C=O) groups is 1. The van der Waals surface area contributed by atoms with Crippen molar-refractivity contribution in [2.24, 2.45) is 7.05 Å². The van der Waals surface area contributed by atoms with Gasteiger partial charge < -0.3 is 19.9 Å². The molecule has 1 aliphatic heterocycles. The minimum Gasteiger partial charge on any atom is -0.376 e. The smallest absolute Gasteiger partial charge is 0.315 e. The van der Waals surface area contributed by atoms with Crippen molar-refractivity contribution in [3.8, 4) is 0 Å². The number of urea groups is 1. The van der Waals surface area contributed by atoms with Crippen molar-refractivity contribution in [2.45, 2.75) is 25.0 Å². The zero-order valence-electron chi connectivity index (χ0n) is 13.5. The van der Waals surface area contributed by atoms with Gasteiger partial charge in [0, 0.05) is 32.6 Å². The van der Waals surface area contributed by atoms with E-state index >= 15 is 0 Å². The highest BCUT2D eigenvalue weighted by atomic mass is 19.1. The van der Waals surface area contributed by atoms with Gasteiger partial charge in [-0.05, 0) is 30.5 Å². The molecule has 3 rings (SSSR count). The van der Waals surface area contributed by atoms with E-state index in [9.17, 15) is 9.18 Å². The van der Waals surface area contributed by atoms with Crippen LogP contribution < -0.4 is 10.6 Å². The Labute approximate surface area is 140 Å². The molecule has 0 radical (unpaired) electrons. The standard InChI is InChI=1S/C17H21FN4O2/c1-22-8-7-19-16(22)15(12-4-2-5-13(18)10-12)21-17(23)20-11-14-6-3-9-24-14/h2,4-5,7-8,10,14-15H,3,6,9,11H2,1H3,(H2,20,21,23). The third-order valence-electron chi connectivity index (χ3n) is 4.09. The Hall–Kier alpha value is -2.41. The van der Waals surface area contributed by atoms with Gasteiger partial charge in [-0.2, -0.15) is 0 Å². The highest BCUT2D eigenvalue weighted by Gasteiger charge is 2.22. The number of ether oxygens (including phenoxy) is 1. The van der Waals surface area contributed by atoms with Gasteiger partial charge in [-0.15, -0.1) is 0 Å². The molecule has 24 heavy (non-hydrogen) atoms. The zero-order valence-corrected chi connectivity index (χ0v) is 13.5. The number of carbonyl (C=O) groups excluding carboxylic acids is 1. The molecular weight excluding hydrogens is 311 g/mol. The second-order valence-corrected chi connectivity index (χ2v) is 5.87. The Morgan fingerprint density at radius 1 is 1.54 bits per heavy atom. The third kappa shape index (κ3) is 3.91. The maximum absolute atomic E-state index is 13.6. The lowest BCUT2D eigenvalue weighted by atomic mass is 10.1. The maximum atomic E-state index is 13.6. The monoisotopic (exact) mass is 332 g/mol. The van der Waals surface area contributed by atoms with Crippen molar-refractivity contribution in [3.05, 3.63) is 53.9 Å². The Balaban J connectivity index is 1.72. The zero-order chi connectivity index (χ0) is 16.9. The number of aryl methyl sites for hydroxylation is 1. The molecule has 128 valence electrons. The van der Waals surface area contributed by atoms with E-state index in [4.69, 9.17) is 4.74 Å². The Bertz CT molecular complexity index is 697. The molecule has 2 atom stereocenters. The number of rotatable bonds is 5.